The van der Waals surface area contributed by atoms with Crippen LogP contribution >= 0.6 is 0 Å². The van der Waals surface area contributed by atoms with Crippen LogP contribution in [0.15, 0.2) is 18.2 Å². The number of halogens is 4. The minimum absolute atomic E-state index is 0.176. The van der Waals surface area contributed by atoms with Gasteiger partial charge in [-0.15, -0.1) is 0 Å². The number of alkyl halides is 3. The van der Waals surface area contributed by atoms with Gasteiger partial charge in [0.2, 0.25) is 5.91 Å². The van der Waals surface area contributed by atoms with E-state index in [0.717, 1.165) is 44.2 Å². The largest absolute Gasteiger partial charge is 0.416 e. The van der Waals surface area contributed by atoms with E-state index >= 15 is 0 Å². The number of nitrogens with one attached hydrogen (secondary N) is 1. The summed E-state index contributed by atoms with van der Waals surface area (Å²) >= 11 is 0. The number of carbonyl (C=O) groups excluding carboxylic acids is 1. The quantitative estimate of drug-likeness (QED) is 0.805. The number of hydrogen-bond acceptors (Lipinski definition) is 1. The average Bonchev–Trinajstić information content (AvgIpc) is 2.41. The fourth-order valence-corrected chi connectivity index (χ4v) is 2.39. The Morgan fingerprint density at radius 2 is 1.80 bits per heavy atom. The van der Waals surface area contributed by atoms with Crippen LogP contribution in [0.3, 0.4) is 0 Å². The van der Waals surface area contributed by atoms with Gasteiger partial charge >= 0.3 is 6.18 Å². The molecule has 0 atom stereocenters. The highest BCUT2D eigenvalue weighted by Gasteiger charge is 2.31. The highest BCUT2D eigenvalue weighted by Crippen LogP contribution is 2.32. The zero-order valence-corrected chi connectivity index (χ0v) is 10.8. The standard InChI is InChI=1S/C14H15F4NO/c15-11-8-10(14(16,17)18)6-7-12(11)19-13(20)9-4-2-1-3-5-9/h6-9H,1-5H2,(H,19,20). The first-order valence-corrected chi connectivity index (χ1v) is 6.55. The summed E-state index contributed by atoms with van der Waals surface area (Å²) in [5.41, 5.74) is -1.26. The first kappa shape index (κ1) is 14.8. The van der Waals surface area contributed by atoms with Gasteiger partial charge in [0.1, 0.15) is 5.82 Å². The maximum Gasteiger partial charge on any atom is 0.416 e. The van der Waals surface area contributed by atoms with Crippen molar-refractivity contribution in [1.29, 1.82) is 0 Å². The van der Waals surface area contributed by atoms with Crippen molar-refractivity contribution in [3.05, 3.63) is 29.6 Å². The molecule has 1 aromatic carbocycles. The van der Waals surface area contributed by atoms with Crippen LogP contribution in [0.25, 0.3) is 0 Å². The molecule has 20 heavy (non-hydrogen) atoms. The van der Waals surface area contributed by atoms with Crippen LogP contribution < -0.4 is 5.32 Å². The van der Waals surface area contributed by atoms with Gasteiger partial charge in [-0.3, -0.25) is 4.79 Å². The molecule has 2 nitrogen and oxygen atoms in total. The van der Waals surface area contributed by atoms with E-state index in [1.165, 1.54) is 0 Å². The van der Waals surface area contributed by atoms with E-state index in [4.69, 9.17) is 0 Å². The normalized spacial score (nSPS) is 17.0. The van der Waals surface area contributed by atoms with Crippen molar-refractivity contribution in [1.82, 2.24) is 0 Å². The Kier molecular flexibility index (Phi) is 4.30. The summed E-state index contributed by atoms with van der Waals surface area (Å²) in [6, 6.07) is 2.12. The first-order chi connectivity index (χ1) is 9.38. The van der Waals surface area contributed by atoms with Crippen molar-refractivity contribution in [2.24, 2.45) is 5.92 Å². The van der Waals surface area contributed by atoms with Gasteiger partial charge in [0.05, 0.1) is 11.3 Å². The molecule has 1 aliphatic carbocycles. The number of carbonyl (C=O) groups is 1. The van der Waals surface area contributed by atoms with Gasteiger partial charge in [0, 0.05) is 5.92 Å². The second-order valence-corrected chi connectivity index (χ2v) is 5.02. The number of benzene rings is 1. The second-order valence-electron chi connectivity index (χ2n) is 5.02. The number of rotatable bonds is 2. The van der Waals surface area contributed by atoms with E-state index in [1.54, 1.807) is 0 Å². The van der Waals surface area contributed by atoms with Crippen LogP contribution in [0.5, 0.6) is 0 Å². The molecule has 1 amide bonds. The van der Waals surface area contributed by atoms with Gasteiger partial charge in [-0.1, -0.05) is 19.3 Å². The minimum atomic E-state index is -4.59. The molecule has 0 aromatic heterocycles. The Labute approximate surface area is 114 Å². The van der Waals surface area contributed by atoms with Crippen molar-refractivity contribution in [2.45, 2.75) is 38.3 Å². The molecule has 0 spiro atoms. The lowest BCUT2D eigenvalue weighted by Crippen LogP contribution is -2.25. The Morgan fingerprint density at radius 3 is 2.35 bits per heavy atom. The van der Waals surface area contributed by atoms with Crippen LogP contribution in [0.2, 0.25) is 0 Å². The molecule has 0 saturated heterocycles. The minimum Gasteiger partial charge on any atom is -0.323 e. The zero-order valence-electron chi connectivity index (χ0n) is 10.8. The average molecular weight is 289 g/mol. The summed E-state index contributed by atoms with van der Waals surface area (Å²) in [5, 5.41) is 2.38. The highest BCUT2D eigenvalue weighted by atomic mass is 19.4. The molecule has 0 aliphatic heterocycles. The molecular weight excluding hydrogens is 274 g/mol. The van der Waals surface area contributed by atoms with Crippen LogP contribution in [-0.4, -0.2) is 5.91 Å². The Balaban J connectivity index is 2.08. The Bertz CT molecular complexity index is 492. The predicted octanol–water partition coefficient (Wildman–Crippen LogP) is 4.36. The van der Waals surface area contributed by atoms with Crippen molar-refractivity contribution in [3.63, 3.8) is 0 Å². The summed E-state index contributed by atoms with van der Waals surface area (Å²) in [6.45, 7) is 0. The molecule has 110 valence electrons. The van der Waals surface area contributed by atoms with E-state index in [-0.39, 0.29) is 17.5 Å². The van der Waals surface area contributed by atoms with Gasteiger partial charge in [-0.25, -0.2) is 4.39 Å². The number of amides is 1. The fraction of sp³-hybridized carbons (Fsp3) is 0.500. The lowest BCUT2D eigenvalue weighted by molar-refractivity contribution is -0.137. The van der Waals surface area contributed by atoms with E-state index in [0.29, 0.717) is 6.07 Å². The van der Waals surface area contributed by atoms with Crippen LogP contribution in [0.1, 0.15) is 37.7 Å². The summed E-state index contributed by atoms with van der Waals surface area (Å²) in [4.78, 5) is 11.9. The van der Waals surface area contributed by atoms with Crippen molar-refractivity contribution in [3.8, 4) is 0 Å². The van der Waals surface area contributed by atoms with Crippen LogP contribution in [-0.2, 0) is 11.0 Å². The number of hydrogen-bond donors (Lipinski definition) is 1. The molecule has 0 unspecified atom stereocenters. The molecule has 0 heterocycles. The molecular formula is C14H15F4NO. The number of anilines is 1. The molecule has 1 fully saturated rings. The van der Waals surface area contributed by atoms with Gasteiger partial charge in [-0.05, 0) is 31.0 Å². The highest BCUT2D eigenvalue weighted by molar-refractivity contribution is 5.92. The molecule has 0 bridgehead atoms. The van der Waals surface area contributed by atoms with E-state index < -0.39 is 17.6 Å². The van der Waals surface area contributed by atoms with Crippen LogP contribution in [0, 0.1) is 11.7 Å². The molecule has 2 rings (SSSR count). The first-order valence-electron chi connectivity index (χ1n) is 6.55. The van der Waals surface area contributed by atoms with Gasteiger partial charge in [0.25, 0.3) is 0 Å². The summed E-state index contributed by atoms with van der Waals surface area (Å²) in [5.74, 6) is -1.56. The lowest BCUT2D eigenvalue weighted by Gasteiger charge is -2.21. The SMILES string of the molecule is O=C(Nc1ccc(C(F)(F)F)cc1F)C1CCCCC1. The molecule has 1 aromatic rings. The third-order valence-electron chi connectivity index (χ3n) is 3.53. The van der Waals surface area contributed by atoms with Crippen LogP contribution in [0.4, 0.5) is 23.2 Å². The Morgan fingerprint density at radius 1 is 1.15 bits per heavy atom. The molecule has 1 saturated carbocycles. The maximum absolute atomic E-state index is 13.6. The van der Waals surface area contributed by atoms with Gasteiger partial charge in [-0.2, -0.15) is 13.2 Å². The Hall–Kier alpha value is -1.59. The summed E-state index contributed by atoms with van der Waals surface area (Å²) < 4.78 is 50.8. The molecule has 1 aliphatic rings. The monoisotopic (exact) mass is 289 g/mol. The smallest absolute Gasteiger partial charge is 0.323 e. The van der Waals surface area contributed by atoms with Crippen molar-refractivity contribution in [2.75, 3.05) is 5.32 Å². The maximum atomic E-state index is 13.6. The summed E-state index contributed by atoms with van der Waals surface area (Å²) in [7, 11) is 0. The fourth-order valence-electron chi connectivity index (χ4n) is 2.39. The topological polar surface area (TPSA) is 29.1 Å². The second kappa shape index (κ2) is 5.81. The third kappa shape index (κ3) is 3.49. The zero-order chi connectivity index (χ0) is 14.8. The molecule has 0 radical (unpaired) electrons. The van der Waals surface area contributed by atoms with E-state index in [9.17, 15) is 22.4 Å². The predicted molar refractivity (Wildman–Crippen MR) is 66.6 cm³/mol. The molecule has 1 N–H and O–H groups in total. The van der Waals surface area contributed by atoms with Gasteiger partial charge < -0.3 is 5.32 Å². The van der Waals surface area contributed by atoms with E-state index in [2.05, 4.69) is 5.32 Å². The van der Waals surface area contributed by atoms with Gasteiger partial charge in [0.15, 0.2) is 0 Å². The molecule has 6 heteroatoms. The van der Waals surface area contributed by atoms with E-state index in [1.807, 2.05) is 0 Å². The summed E-state index contributed by atoms with van der Waals surface area (Å²) in [6.07, 6.45) is -0.117. The van der Waals surface area contributed by atoms with Crippen molar-refractivity contribution < 1.29 is 22.4 Å². The van der Waals surface area contributed by atoms with Crippen molar-refractivity contribution >= 4 is 11.6 Å². The lowest BCUT2D eigenvalue weighted by atomic mass is 9.88. The third-order valence-corrected chi connectivity index (χ3v) is 3.53.